The number of ether oxygens (including phenoxy) is 1. The first kappa shape index (κ1) is 16.7. The fraction of sp³-hybridized carbons (Fsp3) is 0.538. The Bertz CT molecular complexity index is 652. The van der Waals surface area contributed by atoms with Crippen LogP contribution in [0.5, 0.6) is 5.75 Å². The summed E-state index contributed by atoms with van der Waals surface area (Å²) >= 11 is 0. The smallest absolute Gasteiger partial charge is 0.312 e. The summed E-state index contributed by atoms with van der Waals surface area (Å²) in [4.78, 5) is 10.0. The van der Waals surface area contributed by atoms with E-state index < -0.39 is 20.6 Å². The summed E-state index contributed by atoms with van der Waals surface area (Å²) in [6.07, 6.45) is 2.70. The Hall–Kier alpha value is -1.71. The van der Waals surface area contributed by atoms with Crippen molar-refractivity contribution in [3.63, 3.8) is 0 Å². The molecule has 0 radical (unpaired) electrons. The second-order valence-electron chi connectivity index (χ2n) is 5.42. The Morgan fingerprint density at radius 2 is 1.95 bits per heavy atom. The largest absolute Gasteiger partial charge is 0.487 e. The zero-order valence-electron chi connectivity index (χ0n) is 11.8. The molecule has 0 aromatic heterocycles. The van der Waals surface area contributed by atoms with E-state index in [1.807, 2.05) is 0 Å². The molecule has 1 aromatic carbocycles. The second kappa shape index (κ2) is 6.59. The van der Waals surface area contributed by atoms with Crippen LogP contribution in [0.4, 0.5) is 5.69 Å². The van der Waals surface area contributed by atoms with Gasteiger partial charge >= 0.3 is 5.69 Å². The van der Waals surface area contributed by atoms with Crippen LogP contribution in [0.25, 0.3) is 0 Å². The van der Waals surface area contributed by atoms with Crippen molar-refractivity contribution < 1.29 is 23.2 Å². The number of benzene rings is 1. The molecule has 1 saturated carbocycles. The zero-order chi connectivity index (χ0) is 16.3. The van der Waals surface area contributed by atoms with Gasteiger partial charge in [0.2, 0.25) is 10.0 Å². The summed E-state index contributed by atoms with van der Waals surface area (Å²) in [5.74, 6) is 0.240. The number of nitrogens with two attached hydrogens (primary N) is 1. The van der Waals surface area contributed by atoms with Crippen LogP contribution in [0.15, 0.2) is 23.1 Å². The fourth-order valence-electron chi connectivity index (χ4n) is 2.46. The molecule has 0 amide bonds. The quantitative estimate of drug-likeness (QED) is 0.615. The molecule has 0 bridgehead atoms. The van der Waals surface area contributed by atoms with Gasteiger partial charge in [0.05, 0.1) is 22.5 Å². The van der Waals surface area contributed by atoms with E-state index in [1.54, 1.807) is 0 Å². The Kier molecular flexibility index (Phi) is 4.99. The third-order valence-electron chi connectivity index (χ3n) is 3.75. The first-order valence-corrected chi connectivity index (χ1v) is 8.44. The molecule has 2 rings (SSSR count). The van der Waals surface area contributed by atoms with Crippen LogP contribution in [0.2, 0.25) is 0 Å². The van der Waals surface area contributed by atoms with Crippen LogP contribution < -0.4 is 9.88 Å². The van der Waals surface area contributed by atoms with Gasteiger partial charge in [-0.2, -0.15) is 0 Å². The van der Waals surface area contributed by atoms with Gasteiger partial charge in [-0.1, -0.05) is 0 Å². The van der Waals surface area contributed by atoms with Gasteiger partial charge in [0.15, 0.2) is 5.75 Å². The molecule has 122 valence electrons. The summed E-state index contributed by atoms with van der Waals surface area (Å²) in [7, 11) is -4.00. The molecule has 0 aliphatic heterocycles. The number of primary sulfonamides is 1. The maximum absolute atomic E-state index is 11.2. The van der Waals surface area contributed by atoms with Crippen LogP contribution in [0, 0.1) is 16.0 Å². The van der Waals surface area contributed by atoms with E-state index >= 15 is 0 Å². The van der Waals surface area contributed by atoms with Crippen LogP contribution >= 0.6 is 0 Å². The van der Waals surface area contributed by atoms with E-state index in [2.05, 4.69) is 0 Å². The summed E-state index contributed by atoms with van der Waals surface area (Å²) < 4.78 is 28.0. The van der Waals surface area contributed by atoms with Gasteiger partial charge in [-0.15, -0.1) is 0 Å². The lowest BCUT2D eigenvalue weighted by molar-refractivity contribution is -0.386. The molecule has 1 fully saturated rings. The van der Waals surface area contributed by atoms with Crippen LogP contribution in [0.1, 0.15) is 25.7 Å². The van der Waals surface area contributed by atoms with Crippen molar-refractivity contribution in [3.8, 4) is 5.75 Å². The Morgan fingerprint density at radius 3 is 2.50 bits per heavy atom. The molecular weight excluding hydrogens is 312 g/mol. The van der Waals surface area contributed by atoms with Gasteiger partial charge in [0.1, 0.15) is 0 Å². The third-order valence-corrected chi connectivity index (χ3v) is 4.66. The highest BCUT2D eigenvalue weighted by atomic mass is 32.2. The number of nitro benzene ring substituents is 1. The predicted molar refractivity (Wildman–Crippen MR) is 77.9 cm³/mol. The Morgan fingerprint density at radius 1 is 1.32 bits per heavy atom. The van der Waals surface area contributed by atoms with Crippen LogP contribution in [-0.4, -0.2) is 31.2 Å². The van der Waals surface area contributed by atoms with Gasteiger partial charge in [0, 0.05) is 6.07 Å². The molecule has 22 heavy (non-hydrogen) atoms. The van der Waals surface area contributed by atoms with Crippen molar-refractivity contribution in [2.75, 3.05) is 6.61 Å². The van der Waals surface area contributed by atoms with Crippen LogP contribution in [0.3, 0.4) is 0 Å². The number of hydrogen-bond acceptors (Lipinski definition) is 6. The molecule has 9 heteroatoms. The van der Waals surface area contributed by atoms with Crippen molar-refractivity contribution in [1.29, 1.82) is 0 Å². The molecule has 0 unspecified atom stereocenters. The van der Waals surface area contributed by atoms with Gasteiger partial charge in [-0.3, -0.25) is 10.1 Å². The predicted octanol–water partition coefficient (Wildman–Crippen LogP) is 1.17. The summed E-state index contributed by atoms with van der Waals surface area (Å²) in [6.45, 7) is 0.294. The van der Waals surface area contributed by atoms with Crippen molar-refractivity contribution in [2.24, 2.45) is 11.1 Å². The molecule has 8 nitrogen and oxygen atoms in total. The molecule has 0 atom stereocenters. The SMILES string of the molecule is NS(=O)(=O)c1ccc(OC[C@H]2CC[C@H](O)CC2)c([N+](=O)[O-])c1. The minimum Gasteiger partial charge on any atom is -0.487 e. The zero-order valence-corrected chi connectivity index (χ0v) is 12.7. The lowest BCUT2D eigenvalue weighted by Gasteiger charge is -2.25. The number of aliphatic hydroxyl groups is 1. The maximum Gasteiger partial charge on any atom is 0.312 e. The van der Waals surface area contributed by atoms with E-state index in [1.165, 1.54) is 12.1 Å². The average Bonchev–Trinajstić information content (AvgIpc) is 2.45. The number of nitro groups is 1. The lowest BCUT2D eigenvalue weighted by Crippen LogP contribution is -2.22. The molecule has 1 aliphatic rings. The Labute approximate surface area is 128 Å². The van der Waals surface area contributed by atoms with Crippen molar-refractivity contribution in [2.45, 2.75) is 36.7 Å². The summed E-state index contributed by atoms with van der Waals surface area (Å²) in [5.41, 5.74) is -0.428. The second-order valence-corrected chi connectivity index (χ2v) is 6.98. The average molecular weight is 330 g/mol. The van der Waals surface area contributed by atoms with Crippen molar-refractivity contribution in [1.82, 2.24) is 0 Å². The first-order chi connectivity index (χ1) is 10.3. The summed E-state index contributed by atoms with van der Waals surface area (Å²) in [6, 6.07) is 3.33. The number of hydrogen-bond donors (Lipinski definition) is 2. The van der Waals surface area contributed by atoms with Crippen molar-refractivity contribution >= 4 is 15.7 Å². The molecule has 1 aromatic rings. The highest BCUT2D eigenvalue weighted by Gasteiger charge is 2.23. The monoisotopic (exact) mass is 330 g/mol. The van der Waals surface area contributed by atoms with Gasteiger partial charge < -0.3 is 9.84 Å². The van der Waals surface area contributed by atoms with Gasteiger partial charge in [0.25, 0.3) is 0 Å². The molecule has 1 aliphatic carbocycles. The first-order valence-electron chi connectivity index (χ1n) is 6.89. The standard InChI is InChI=1S/C13H18N2O6S/c14-22(19,20)11-5-6-13(12(7-11)15(17)18)21-8-9-1-3-10(16)4-2-9/h5-7,9-10,16H,1-4,8H2,(H2,14,19,20)/t9-,10-. The van der Waals surface area contributed by atoms with E-state index in [0.29, 0.717) is 19.4 Å². The topological polar surface area (TPSA) is 133 Å². The summed E-state index contributed by atoms with van der Waals surface area (Å²) in [5, 5.41) is 25.5. The molecule has 0 saturated heterocycles. The van der Waals surface area contributed by atoms with E-state index in [0.717, 1.165) is 18.9 Å². The maximum atomic E-state index is 11.2. The molecule has 0 heterocycles. The number of rotatable bonds is 5. The number of sulfonamides is 1. The third kappa shape index (κ3) is 4.15. The Balaban J connectivity index is 2.12. The highest BCUT2D eigenvalue weighted by Crippen LogP contribution is 2.31. The molecule has 0 spiro atoms. The van der Waals surface area contributed by atoms with Gasteiger partial charge in [-0.25, -0.2) is 13.6 Å². The van der Waals surface area contributed by atoms with Crippen molar-refractivity contribution in [3.05, 3.63) is 28.3 Å². The normalized spacial score (nSPS) is 22.3. The number of nitrogens with zero attached hydrogens (tertiary/aromatic N) is 1. The molecule has 3 N–H and O–H groups in total. The minimum absolute atomic E-state index is 0.0171. The number of aliphatic hydroxyl groups excluding tert-OH is 1. The fourth-order valence-corrected chi connectivity index (χ4v) is 2.99. The lowest BCUT2D eigenvalue weighted by atomic mass is 9.88. The molecular formula is C13H18N2O6S. The van der Waals surface area contributed by atoms with E-state index in [4.69, 9.17) is 9.88 Å². The highest BCUT2D eigenvalue weighted by molar-refractivity contribution is 7.89. The van der Waals surface area contributed by atoms with E-state index in [-0.39, 0.29) is 22.7 Å². The van der Waals surface area contributed by atoms with E-state index in [9.17, 15) is 23.6 Å². The van der Waals surface area contributed by atoms with Crippen LogP contribution in [-0.2, 0) is 10.0 Å². The van der Waals surface area contributed by atoms with Gasteiger partial charge in [-0.05, 0) is 43.7 Å². The minimum atomic E-state index is -4.00.